The lowest BCUT2D eigenvalue weighted by atomic mass is 9.19. The third-order valence-electron chi connectivity index (χ3n) is 8.95. The molecule has 0 bridgehead atoms. The minimum absolute atomic E-state index is 0.461. The SMILES string of the molecule is CC[B-](CC)(CC)c1c[n+](-c2c(C(C)C)cccc2C(C)C)cn1-c1c(C(C)C)cccc1C(C)C. The lowest BCUT2D eigenvalue weighted by Crippen LogP contribution is -2.50. The molecule has 0 unspecified atom stereocenters. The molecule has 36 heavy (non-hydrogen) atoms. The van der Waals surface area contributed by atoms with E-state index in [2.05, 4.69) is 134 Å². The first-order valence-electron chi connectivity index (χ1n) is 14.6. The third kappa shape index (κ3) is 5.08. The maximum atomic E-state index is 2.61. The number of hydrogen-bond donors (Lipinski definition) is 0. The molecule has 0 saturated carbocycles. The first-order chi connectivity index (χ1) is 17.0. The quantitative estimate of drug-likeness (QED) is 0.200. The molecule has 0 aliphatic carbocycles. The molecule has 196 valence electrons. The summed E-state index contributed by atoms with van der Waals surface area (Å²) in [6.45, 7) is 25.8. The monoisotopic (exact) mass is 486 g/mol. The summed E-state index contributed by atoms with van der Waals surface area (Å²) in [7, 11) is 0. The van der Waals surface area contributed by atoms with E-state index in [4.69, 9.17) is 0 Å². The van der Waals surface area contributed by atoms with E-state index in [0.717, 1.165) is 0 Å². The molecule has 3 aromatic rings. The normalized spacial score (nSPS) is 12.5. The van der Waals surface area contributed by atoms with Crippen LogP contribution in [0.15, 0.2) is 48.9 Å². The smallest absolute Gasteiger partial charge is 0.238 e. The minimum Gasteiger partial charge on any atom is -0.238 e. The van der Waals surface area contributed by atoms with Crippen LogP contribution in [-0.4, -0.2) is 10.7 Å². The summed E-state index contributed by atoms with van der Waals surface area (Å²) >= 11 is 0. The van der Waals surface area contributed by atoms with Gasteiger partial charge >= 0.3 is 0 Å². The van der Waals surface area contributed by atoms with Gasteiger partial charge in [0.15, 0.2) is 0 Å². The molecule has 3 rings (SSSR count). The minimum atomic E-state index is -0.690. The summed E-state index contributed by atoms with van der Waals surface area (Å²) in [4.78, 5) is 0. The zero-order chi connectivity index (χ0) is 26.8. The van der Waals surface area contributed by atoms with Crippen molar-refractivity contribution in [3.05, 3.63) is 71.2 Å². The first-order valence-corrected chi connectivity index (χ1v) is 14.6. The maximum Gasteiger partial charge on any atom is 0.251 e. The number of rotatable bonds is 10. The summed E-state index contributed by atoms with van der Waals surface area (Å²) < 4.78 is 5.10. The topological polar surface area (TPSA) is 8.81 Å². The van der Waals surface area contributed by atoms with Gasteiger partial charge in [-0.25, -0.2) is 9.13 Å². The summed E-state index contributed by atoms with van der Waals surface area (Å²) in [6, 6.07) is 13.9. The third-order valence-corrected chi connectivity index (χ3v) is 8.95. The Morgan fingerprint density at radius 3 is 1.39 bits per heavy atom. The average molecular weight is 487 g/mol. The van der Waals surface area contributed by atoms with Crippen molar-refractivity contribution in [2.45, 2.75) is 119 Å². The highest BCUT2D eigenvalue weighted by Gasteiger charge is 2.33. The molecule has 2 aromatic carbocycles. The van der Waals surface area contributed by atoms with Crippen LogP contribution >= 0.6 is 0 Å². The highest BCUT2D eigenvalue weighted by molar-refractivity contribution is 6.91. The van der Waals surface area contributed by atoms with Crippen LogP contribution < -0.4 is 10.2 Å². The maximum absolute atomic E-state index is 2.61. The Balaban J connectivity index is 2.51. The predicted octanol–water partition coefficient (Wildman–Crippen LogP) is 8.96. The number of hydrogen-bond acceptors (Lipinski definition) is 0. The predicted molar refractivity (Wildman–Crippen MR) is 160 cm³/mol. The van der Waals surface area contributed by atoms with E-state index in [9.17, 15) is 0 Å². The Bertz CT molecular complexity index is 1100. The molecule has 1 heterocycles. The molecule has 0 spiro atoms. The molecule has 0 fully saturated rings. The average Bonchev–Trinajstić information content (AvgIpc) is 3.29. The Labute approximate surface area is 222 Å². The van der Waals surface area contributed by atoms with Crippen LogP contribution in [0.25, 0.3) is 11.4 Å². The molecular formula is C33H51BN2. The van der Waals surface area contributed by atoms with Gasteiger partial charge in [-0.3, -0.25) is 0 Å². The number of benzene rings is 2. The van der Waals surface area contributed by atoms with Crippen molar-refractivity contribution in [1.82, 2.24) is 4.57 Å². The highest BCUT2D eigenvalue weighted by Crippen LogP contribution is 2.33. The molecule has 1 aromatic heterocycles. The largest absolute Gasteiger partial charge is 0.251 e. The zero-order valence-corrected chi connectivity index (χ0v) is 25.0. The van der Waals surface area contributed by atoms with Crippen LogP contribution in [0.4, 0.5) is 0 Å². The van der Waals surface area contributed by atoms with E-state index in [-0.39, 0.29) is 0 Å². The molecule has 0 N–H and O–H groups in total. The number of aromatic nitrogens is 2. The molecule has 0 saturated heterocycles. The van der Waals surface area contributed by atoms with E-state index in [1.165, 1.54) is 58.2 Å². The molecule has 3 heteroatoms. The van der Waals surface area contributed by atoms with Gasteiger partial charge in [-0.05, 0) is 29.3 Å². The second-order valence-corrected chi connectivity index (χ2v) is 12.3. The van der Waals surface area contributed by atoms with Gasteiger partial charge in [0.25, 0.3) is 6.33 Å². The fourth-order valence-corrected chi connectivity index (χ4v) is 6.28. The lowest BCUT2D eigenvalue weighted by molar-refractivity contribution is -0.595. The number of nitrogens with zero attached hydrogens (tertiary/aromatic N) is 2. The van der Waals surface area contributed by atoms with E-state index < -0.39 is 6.15 Å². The van der Waals surface area contributed by atoms with Gasteiger partial charge < -0.3 is 0 Å². The van der Waals surface area contributed by atoms with Crippen LogP contribution in [-0.2, 0) is 0 Å². The van der Waals surface area contributed by atoms with Gasteiger partial charge in [0.05, 0.1) is 12.3 Å². The standard InChI is InChI=1S/C33H51BN2/c1-12-34(13-2,14-3)31-21-35(32-27(23(4)5)17-15-18-28(32)24(6)7)22-36(31)33-29(25(8)9)19-16-20-30(33)26(10)11/h15-26H,12-14H2,1-11H3. The molecule has 2 nitrogen and oxygen atoms in total. The molecule has 0 atom stereocenters. The molecule has 0 aliphatic heterocycles. The molecular weight excluding hydrogens is 435 g/mol. The Kier molecular flexibility index (Phi) is 8.96. The van der Waals surface area contributed by atoms with Crippen molar-refractivity contribution in [3.63, 3.8) is 0 Å². The number of para-hydroxylation sites is 2. The fraction of sp³-hybridized carbons (Fsp3) is 0.545. The van der Waals surface area contributed by atoms with Crippen LogP contribution in [0.2, 0.25) is 19.0 Å². The second kappa shape index (κ2) is 11.4. The van der Waals surface area contributed by atoms with E-state index in [0.29, 0.717) is 23.7 Å². The van der Waals surface area contributed by atoms with Crippen molar-refractivity contribution in [2.24, 2.45) is 0 Å². The molecule has 0 amide bonds. The van der Waals surface area contributed by atoms with Gasteiger partial charge in [-0.15, -0.1) is 0 Å². The summed E-state index contributed by atoms with van der Waals surface area (Å²) in [5.74, 6) is 1.85. The van der Waals surface area contributed by atoms with Crippen molar-refractivity contribution < 1.29 is 4.57 Å². The van der Waals surface area contributed by atoms with Crippen LogP contribution in [0.5, 0.6) is 0 Å². The zero-order valence-electron chi connectivity index (χ0n) is 25.0. The summed E-state index contributed by atoms with van der Waals surface area (Å²) in [5, 5.41) is 0. The van der Waals surface area contributed by atoms with E-state index >= 15 is 0 Å². The van der Waals surface area contributed by atoms with E-state index in [1.807, 2.05) is 0 Å². The summed E-state index contributed by atoms with van der Waals surface area (Å²) in [5.41, 5.74) is 10.0. The Hall–Kier alpha value is -2.29. The Morgan fingerprint density at radius 1 is 0.639 bits per heavy atom. The van der Waals surface area contributed by atoms with Gasteiger partial charge in [-0.1, -0.05) is 113 Å². The van der Waals surface area contributed by atoms with Crippen LogP contribution in [0, 0.1) is 0 Å². The first kappa shape index (κ1) is 28.3. The van der Waals surface area contributed by atoms with Gasteiger partial charge in [0.2, 0.25) is 0 Å². The van der Waals surface area contributed by atoms with E-state index in [1.54, 1.807) is 0 Å². The molecule has 0 aliphatic rings. The fourth-order valence-electron chi connectivity index (χ4n) is 6.28. The van der Waals surface area contributed by atoms with Crippen LogP contribution in [0.3, 0.4) is 0 Å². The van der Waals surface area contributed by atoms with Crippen molar-refractivity contribution >= 4 is 11.7 Å². The number of imidazole rings is 1. The summed E-state index contributed by atoms with van der Waals surface area (Å²) in [6.07, 6.45) is 7.82. The van der Waals surface area contributed by atoms with Crippen molar-refractivity contribution in [1.29, 1.82) is 0 Å². The van der Waals surface area contributed by atoms with Gasteiger partial charge in [0.1, 0.15) is 11.4 Å². The van der Waals surface area contributed by atoms with Gasteiger partial charge in [-0.2, -0.15) is 19.0 Å². The Morgan fingerprint density at radius 2 is 1.03 bits per heavy atom. The highest BCUT2D eigenvalue weighted by atomic mass is 15.1. The lowest BCUT2D eigenvalue weighted by Gasteiger charge is -2.34. The molecule has 0 radical (unpaired) electrons. The van der Waals surface area contributed by atoms with Gasteiger partial charge in [0, 0.05) is 22.3 Å². The van der Waals surface area contributed by atoms with Crippen molar-refractivity contribution in [3.8, 4) is 11.4 Å². The van der Waals surface area contributed by atoms with Crippen LogP contribution in [0.1, 0.15) is 122 Å². The second-order valence-electron chi connectivity index (χ2n) is 12.3. The van der Waals surface area contributed by atoms with Crippen molar-refractivity contribution in [2.75, 3.05) is 0 Å².